The third-order valence-corrected chi connectivity index (χ3v) is 2.48. The maximum atomic E-state index is 13.4. The van der Waals surface area contributed by atoms with Gasteiger partial charge in [0.1, 0.15) is 0 Å². The van der Waals surface area contributed by atoms with Gasteiger partial charge in [0.05, 0.1) is 7.11 Å². The largest absolute Gasteiger partial charge is 0.494 e. The normalized spacial score (nSPS) is 10.1. The van der Waals surface area contributed by atoms with Crippen LogP contribution in [0.2, 0.25) is 0 Å². The molecule has 0 fully saturated rings. The third kappa shape index (κ3) is 2.20. The molecule has 0 aliphatic rings. The van der Waals surface area contributed by atoms with Crippen LogP contribution in [0.25, 0.3) is 0 Å². The number of halogens is 1. The number of ether oxygens (including phenoxy) is 1. The van der Waals surface area contributed by atoms with Crippen LogP contribution in [-0.2, 0) is 0 Å². The molecule has 0 amide bonds. The molecule has 0 atom stereocenters. The van der Waals surface area contributed by atoms with Crippen LogP contribution in [0.4, 0.5) is 4.39 Å². The number of benzene rings is 1. The first-order chi connectivity index (χ1) is 6.60. The van der Waals surface area contributed by atoms with E-state index in [9.17, 15) is 4.39 Å². The quantitative estimate of drug-likeness (QED) is 0.561. The molecule has 0 saturated carbocycles. The van der Waals surface area contributed by atoms with Gasteiger partial charge in [0.25, 0.3) is 0 Å². The van der Waals surface area contributed by atoms with E-state index in [1.54, 1.807) is 6.26 Å². The van der Waals surface area contributed by atoms with E-state index in [2.05, 4.69) is 0 Å². The van der Waals surface area contributed by atoms with Crippen LogP contribution >= 0.6 is 11.8 Å². The fourth-order valence-corrected chi connectivity index (χ4v) is 1.52. The van der Waals surface area contributed by atoms with E-state index in [0.29, 0.717) is 4.90 Å². The second-order valence-electron chi connectivity index (χ2n) is 2.61. The molecule has 3 nitrogen and oxygen atoms in total. The molecule has 1 aromatic carbocycles. The summed E-state index contributed by atoms with van der Waals surface area (Å²) in [6.45, 7) is 0. The second-order valence-corrected chi connectivity index (χ2v) is 3.49. The Morgan fingerprint density at radius 3 is 2.50 bits per heavy atom. The van der Waals surface area contributed by atoms with Gasteiger partial charge in [-0.15, -0.1) is 11.8 Å². The van der Waals surface area contributed by atoms with Gasteiger partial charge in [-0.25, -0.2) is 4.39 Å². The zero-order valence-corrected chi connectivity index (χ0v) is 8.64. The standard InChI is InChI=1S/C8H10BFO3S/c1-13-7-4-5(14-2)3-6(8(7)10)9(11)12/h3-4,11-12H,1-2H3. The zero-order chi connectivity index (χ0) is 10.7. The lowest BCUT2D eigenvalue weighted by molar-refractivity contribution is 0.382. The Morgan fingerprint density at radius 1 is 1.43 bits per heavy atom. The van der Waals surface area contributed by atoms with Crippen molar-refractivity contribution in [2.45, 2.75) is 4.90 Å². The average molecular weight is 216 g/mol. The molecule has 14 heavy (non-hydrogen) atoms. The molecular weight excluding hydrogens is 206 g/mol. The minimum Gasteiger partial charge on any atom is -0.494 e. The fraction of sp³-hybridized carbons (Fsp3) is 0.250. The lowest BCUT2D eigenvalue weighted by Crippen LogP contribution is -2.33. The second kappa shape index (κ2) is 4.68. The van der Waals surface area contributed by atoms with Crippen LogP contribution in [0.5, 0.6) is 5.75 Å². The maximum Gasteiger partial charge on any atom is 0.491 e. The number of methoxy groups -OCH3 is 1. The Kier molecular flexibility index (Phi) is 3.80. The first-order valence-electron chi connectivity index (χ1n) is 3.87. The van der Waals surface area contributed by atoms with E-state index in [0.717, 1.165) is 0 Å². The molecule has 76 valence electrons. The van der Waals surface area contributed by atoms with E-state index in [4.69, 9.17) is 14.8 Å². The molecule has 0 radical (unpaired) electrons. The van der Waals surface area contributed by atoms with E-state index in [-0.39, 0.29) is 11.2 Å². The average Bonchev–Trinajstić information content (AvgIpc) is 2.17. The Balaban J connectivity index is 3.27. The van der Waals surface area contributed by atoms with Gasteiger partial charge in [-0.1, -0.05) is 0 Å². The van der Waals surface area contributed by atoms with Crippen molar-refractivity contribution < 1.29 is 19.2 Å². The summed E-state index contributed by atoms with van der Waals surface area (Å²) in [5.74, 6) is -0.722. The smallest absolute Gasteiger partial charge is 0.491 e. The summed E-state index contributed by atoms with van der Waals surface area (Å²) in [5.41, 5.74) is -0.172. The molecule has 0 aliphatic heterocycles. The Morgan fingerprint density at radius 2 is 2.07 bits per heavy atom. The van der Waals surface area contributed by atoms with Gasteiger partial charge in [0, 0.05) is 10.4 Å². The van der Waals surface area contributed by atoms with Gasteiger partial charge in [-0.3, -0.25) is 0 Å². The first kappa shape index (κ1) is 11.4. The highest BCUT2D eigenvalue weighted by Gasteiger charge is 2.20. The van der Waals surface area contributed by atoms with Crippen molar-refractivity contribution in [2.24, 2.45) is 0 Å². The van der Waals surface area contributed by atoms with Crippen LogP contribution in [0.3, 0.4) is 0 Å². The third-order valence-electron chi connectivity index (χ3n) is 1.77. The summed E-state index contributed by atoms with van der Waals surface area (Å²) >= 11 is 1.37. The topological polar surface area (TPSA) is 49.7 Å². The van der Waals surface area contributed by atoms with Gasteiger partial charge < -0.3 is 14.8 Å². The number of rotatable bonds is 3. The predicted octanol–water partition coefficient (Wildman–Crippen LogP) is 0.236. The molecular formula is C8H10BFO3S. The van der Waals surface area contributed by atoms with Crippen molar-refractivity contribution in [3.8, 4) is 5.75 Å². The summed E-state index contributed by atoms with van der Waals surface area (Å²) < 4.78 is 18.2. The predicted molar refractivity (Wildman–Crippen MR) is 54.6 cm³/mol. The highest BCUT2D eigenvalue weighted by molar-refractivity contribution is 7.98. The minimum absolute atomic E-state index is 0.0138. The van der Waals surface area contributed by atoms with Crippen LogP contribution < -0.4 is 10.2 Å². The molecule has 1 rings (SSSR count). The van der Waals surface area contributed by atoms with Crippen molar-refractivity contribution >= 4 is 24.3 Å². The summed E-state index contributed by atoms with van der Waals surface area (Å²) in [6, 6.07) is 2.89. The van der Waals surface area contributed by atoms with Gasteiger partial charge in [-0.05, 0) is 18.4 Å². The van der Waals surface area contributed by atoms with Crippen LogP contribution in [0.15, 0.2) is 17.0 Å². The monoisotopic (exact) mass is 216 g/mol. The molecule has 0 bridgehead atoms. The molecule has 0 heterocycles. The fourth-order valence-electron chi connectivity index (χ4n) is 1.05. The zero-order valence-electron chi connectivity index (χ0n) is 7.82. The van der Waals surface area contributed by atoms with E-state index >= 15 is 0 Å². The summed E-state index contributed by atoms with van der Waals surface area (Å²) in [5, 5.41) is 17.8. The van der Waals surface area contributed by atoms with E-state index in [1.807, 2.05) is 0 Å². The number of hydrogen-bond donors (Lipinski definition) is 2. The molecule has 6 heteroatoms. The van der Waals surface area contributed by atoms with Crippen molar-refractivity contribution in [1.82, 2.24) is 0 Å². The van der Waals surface area contributed by atoms with Crippen LogP contribution in [0, 0.1) is 5.82 Å². The molecule has 0 aromatic heterocycles. The van der Waals surface area contributed by atoms with Gasteiger partial charge >= 0.3 is 7.12 Å². The van der Waals surface area contributed by atoms with Crippen molar-refractivity contribution in [2.75, 3.05) is 13.4 Å². The van der Waals surface area contributed by atoms with E-state index in [1.165, 1.54) is 31.0 Å². The summed E-state index contributed by atoms with van der Waals surface area (Å²) in [7, 11) is -0.494. The minimum atomic E-state index is -1.82. The molecule has 0 unspecified atom stereocenters. The first-order valence-corrected chi connectivity index (χ1v) is 5.10. The van der Waals surface area contributed by atoms with Crippen molar-refractivity contribution in [1.29, 1.82) is 0 Å². The summed E-state index contributed by atoms with van der Waals surface area (Å²) in [4.78, 5) is 0.714. The molecule has 0 saturated heterocycles. The number of hydrogen-bond acceptors (Lipinski definition) is 4. The summed E-state index contributed by atoms with van der Waals surface area (Å²) in [6.07, 6.45) is 1.81. The Bertz CT molecular complexity index is 333. The molecule has 1 aromatic rings. The Hall–Kier alpha value is -0.715. The van der Waals surface area contributed by atoms with Crippen LogP contribution in [-0.4, -0.2) is 30.5 Å². The van der Waals surface area contributed by atoms with Crippen molar-refractivity contribution in [3.05, 3.63) is 17.9 Å². The van der Waals surface area contributed by atoms with Crippen molar-refractivity contribution in [3.63, 3.8) is 0 Å². The maximum absolute atomic E-state index is 13.4. The number of thioether (sulfide) groups is 1. The van der Waals surface area contributed by atoms with Gasteiger partial charge in [0.2, 0.25) is 0 Å². The highest BCUT2D eigenvalue weighted by atomic mass is 32.2. The highest BCUT2D eigenvalue weighted by Crippen LogP contribution is 2.22. The molecule has 0 aliphatic carbocycles. The van der Waals surface area contributed by atoms with E-state index < -0.39 is 12.9 Å². The lowest BCUT2D eigenvalue weighted by atomic mass is 9.80. The van der Waals surface area contributed by atoms with Gasteiger partial charge in [0.15, 0.2) is 11.6 Å². The Labute approximate surface area is 86.0 Å². The van der Waals surface area contributed by atoms with Crippen LogP contribution in [0.1, 0.15) is 0 Å². The SMILES string of the molecule is COc1cc(SC)cc(B(O)O)c1F. The molecule has 0 spiro atoms. The van der Waals surface area contributed by atoms with Gasteiger partial charge in [-0.2, -0.15) is 0 Å². The molecule has 2 N–H and O–H groups in total. The lowest BCUT2D eigenvalue weighted by Gasteiger charge is -2.09.